The third kappa shape index (κ3) is 3.48. The highest BCUT2D eigenvalue weighted by Crippen LogP contribution is 2.24. The van der Waals surface area contributed by atoms with Crippen LogP contribution in [-0.4, -0.2) is 35.8 Å². The summed E-state index contributed by atoms with van der Waals surface area (Å²) in [5.74, 6) is -0.168. The van der Waals surface area contributed by atoms with Crippen molar-refractivity contribution in [3.05, 3.63) is 33.3 Å². The molecule has 1 N–H and O–H groups in total. The predicted molar refractivity (Wildman–Crippen MR) is 77.3 cm³/mol. The number of hydrogen-bond donors (Lipinski definition) is 1. The zero-order chi connectivity index (χ0) is 14.0. The van der Waals surface area contributed by atoms with Gasteiger partial charge in [0.05, 0.1) is 10.6 Å². The summed E-state index contributed by atoms with van der Waals surface area (Å²) in [7, 11) is 0. The number of carbonyl (C=O) groups is 2. The molecule has 0 bridgehead atoms. The first kappa shape index (κ1) is 14.3. The minimum absolute atomic E-state index is 0.0346. The van der Waals surface area contributed by atoms with Crippen LogP contribution in [0.2, 0.25) is 5.02 Å². The normalized spacial score (nSPS) is 18.5. The lowest BCUT2D eigenvalue weighted by atomic mass is 10.2. The van der Waals surface area contributed by atoms with Crippen LogP contribution in [0.15, 0.2) is 22.7 Å². The molecule has 0 spiro atoms. The Labute approximate surface area is 125 Å². The molecule has 1 aromatic carbocycles. The van der Waals surface area contributed by atoms with E-state index in [-0.39, 0.29) is 17.9 Å². The fourth-order valence-electron chi connectivity index (χ4n) is 2.18. The molecule has 0 saturated carbocycles. The first-order chi connectivity index (χ1) is 8.97. The largest absolute Gasteiger partial charge is 0.352 e. The lowest BCUT2D eigenvalue weighted by Gasteiger charge is -2.17. The predicted octanol–water partition coefficient (Wildman–Crippen LogP) is 2.45. The van der Waals surface area contributed by atoms with Gasteiger partial charge in [-0.3, -0.25) is 9.59 Å². The lowest BCUT2D eigenvalue weighted by Crippen LogP contribution is -2.37. The second-order valence-electron chi connectivity index (χ2n) is 4.56. The molecule has 1 aromatic rings. The summed E-state index contributed by atoms with van der Waals surface area (Å²) >= 11 is 9.38. The first-order valence-electron chi connectivity index (χ1n) is 5.99. The highest BCUT2D eigenvalue weighted by Gasteiger charge is 2.28. The number of rotatable bonds is 2. The van der Waals surface area contributed by atoms with Crippen LogP contribution in [0.5, 0.6) is 0 Å². The van der Waals surface area contributed by atoms with Gasteiger partial charge < -0.3 is 10.2 Å². The fraction of sp³-hybridized carbons (Fsp3) is 0.385. The molecule has 1 atom stereocenters. The van der Waals surface area contributed by atoms with E-state index in [1.54, 1.807) is 23.1 Å². The van der Waals surface area contributed by atoms with Gasteiger partial charge in [0.1, 0.15) is 0 Å². The molecule has 102 valence electrons. The van der Waals surface area contributed by atoms with Crippen molar-refractivity contribution in [2.24, 2.45) is 0 Å². The number of benzene rings is 1. The quantitative estimate of drug-likeness (QED) is 0.895. The number of halogens is 2. The average Bonchev–Trinajstić information content (AvgIpc) is 2.79. The van der Waals surface area contributed by atoms with Crippen molar-refractivity contribution in [1.29, 1.82) is 0 Å². The van der Waals surface area contributed by atoms with Crippen LogP contribution in [0.3, 0.4) is 0 Å². The molecule has 6 heteroatoms. The molecule has 2 amide bonds. The number of carbonyl (C=O) groups excluding carboxylic acids is 2. The molecular formula is C13H14BrClN2O2. The van der Waals surface area contributed by atoms with Crippen molar-refractivity contribution in [2.75, 3.05) is 13.1 Å². The van der Waals surface area contributed by atoms with Crippen molar-refractivity contribution in [1.82, 2.24) is 10.2 Å². The average molecular weight is 346 g/mol. The van der Waals surface area contributed by atoms with Gasteiger partial charge in [-0.05, 0) is 24.6 Å². The van der Waals surface area contributed by atoms with Gasteiger partial charge in [0.2, 0.25) is 5.91 Å². The van der Waals surface area contributed by atoms with Crippen molar-refractivity contribution >= 4 is 39.3 Å². The van der Waals surface area contributed by atoms with E-state index in [0.717, 1.165) is 10.9 Å². The summed E-state index contributed by atoms with van der Waals surface area (Å²) in [5.41, 5.74) is 0.486. The highest BCUT2D eigenvalue weighted by atomic mass is 79.9. The molecule has 1 aliphatic rings. The van der Waals surface area contributed by atoms with Gasteiger partial charge in [-0.15, -0.1) is 0 Å². The first-order valence-corrected chi connectivity index (χ1v) is 7.16. The number of nitrogens with zero attached hydrogens (tertiary/aromatic N) is 1. The molecule has 19 heavy (non-hydrogen) atoms. The molecule has 0 radical (unpaired) electrons. The van der Waals surface area contributed by atoms with E-state index < -0.39 is 0 Å². The van der Waals surface area contributed by atoms with E-state index in [1.165, 1.54) is 6.92 Å². The molecule has 1 fully saturated rings. The summed E-state index contributed by atoms with van der Waals surface area (Å²) in [5, 5.41) is 3.27. The van der Waals surface area contributed by atoms with E-state index in [0.29, 0.717) is 23.7 Å². The summed E-state index contributed by atoms with van der Waals surface area (Å²) in [4.78, 5) is 25.1. The van der Waals surface area contributed by atoms with Crippen LogP contribution < -0.4 is 5.32 Å². The molecule has 1 unspecified atom stereocenters. The van der Waals surface area contributed by atoms with Crippen LogP contribution >= 0.6 is 27.5 Å². The number of amides is 2. The van der Waals surface area contributed by atoms with Crippen LogP contribution in [-0.2, 0) is 4.79 Å². The molecule has 2 rings (SSSR count). The van der Waals surface area contributed by atoms with E-state index in [2.05, 4.69) is 21.2 Å². The Morgan fingerprint density at radius 3 is 2.89 bits per heavy atom. The standard InChI is InChI=1S/C13H14BrClN2O2/c1-8(18)16-10-4-5-17(7-10)13(19)11-6-9(14)2-3-12(11)15/h2-3,6,10H,4-5,7H2,1H3,(H,16,18). The summed E-state index contributed by atoms with van der Waals surface area (Å²) < 4.78 is 0.817. The van der Waals surface area contributed by atoms with Gasteiger partial charge >= 0.3 is 0 Å². The van der Waals surface area contributed by atoms with E-state index in [1.807, 2.05) is 0 Å². The second kappa shape index (κ2) is 5.92. The van der Waals surface area contributed by atoms with Crippen molar-refractivity contribution in [3.63, 3.8) is 0 Å². The van der Waals surface area contributed by atoms with Crippen molar-refractivity contribution in [3.8, 4) is 0 Å². The van der Waals surface area contributed by atoms with Crippen molar-refractivity contribution in [2.45, 2.75) is 19.4 Å². The number of nitrogens with one attached hydrogen (secondary N) is 1. The maximum atomic E-state index is 12.4. The Bertz CT molecular complexity index is 521. The van der Waals surface area contributed by atoms with Gasteiger partial charge in [-0.25, -0.2) is 0 Å². The second-order valence-corrected chi connectivity index (χ2v) is 5.88. The van der Waals surface area contributed by atoms with Gasteiger partial charge in [-0.1, -0.05) is 27.5 Å². The molecule has 0 aromatic heterocycles. The fourth-order valence-corrected chi connectivity index (χ4v) is 2.74. The van der Waals surface area contributed by atoms with Gasteiger partial charge in [0.25, 0.3) is 5.91 Å². The third-order valence-corrected chi connectivity index (χ3v) is 3.86. The molecule has 0 aliphatic carbocycles. The highest BCUT2D eigenvalue weighted by molar-refractivity contribution is 9.10. The Balaban J connectivity index is 2.09. The lowest BCUT2D eigenvalue weighted by molar-refractivity contribution is -0.119. The van der Waals surface area contributed by atoms with Crippen LogP contribution in [0.25, 0.3) is 0 Å². The number of hydrogen-bond acceptors (Lipinski definition) is 2. The SMILES string of the molecule is CC(=O)NC1CCN(C(=O)c2cc(Br)ccc2Cl)C1. The maximum absolute atomic E-state index is 12.4. The minimum Gasteiger partial charge on any atom is -0.352 e. The molecule has 1 aliphatic heterocycles. The van der Waals surface area contributed by atoms with Gasteiger partial charge in [0, 0.05) is 30.5 Å². The summed E-state index contributed by atoms with van der Waals surface area (Å²) in [6.07, 6.45) is 0.775. The van der Waals surface area contributed by atoms with Crippen LogP contribution in [0, 0.1) is 0 Å². The van der Waals surface area contributed by atoms with E-state index in [4.69, 9.17) is 11.6 Å². The Morgan fingerprint density at radius 1 is 1.47 bits per heavy atom. The topological polar surface area (TPSA) is 49.4 Å². The summed E-state index contributed by atoms with van der Waals surface area (Å²) in [6.45, 7) is 2.64. The van der Waals surface area contributed by atoms with Gasteiger partial charge in [0.15, 0.2) is 0 Å². The van der Waals surface area contributed by atoms with Crippen molar-refractivity contribution < 1.29 is 9.59 Å². The van der Waals surface area contributed by atoms with Crippen LogP contribution in [0.1, 0.15) is 23.7 Å². The van der Waals surface area contributed by atoms with E-state index in [9.17, 15) is 9.59 Å². The Morgan fingerprint density at radius 2 is 2.21 bits per heavy atom. The monoisotopic (exact) mass is 344 g/mol. The summed E-state index contributed by atoms with van der Waals surface area (Å²) in [6, 6.07) is 5.24. The minimum atomic E-state index is -0.0980. The Kier molecular flexibility index (Phi) is 4.47. The maximum Gasteiger partial charge on any atom is 0.255 e. The van der Waals surface area contributed by atoms with Gasteiger partial charge in [-0.2, -0.15) is 0 Å². The van der Waals surface area contributed by atoms with Crippen LogP contribution in [0.4, 0.5) is 0 Å². The van der Waals surface area contributed by atoms with E-state index >= 15 is 0 Å². The molecule has 1 saturated heterocycles. The molecule has 4 nitrogen and oxygen atoms in total. The molecule has 1 heterocycles. The number of likely N-dealkylation sites (tertiary alicyclic amines) is 1. The Hall–Kier alpha value is -1.07. The smallest absolute Gasteiger partial charge is 0.255 e. The zero-order valence-electron chi connectivity index (χ0n) is 10.5. The third-order valence-electron chi connectivity index (χ3n) is 3.04. The molecular weight excluding hydrogens is 332 g/mol. The zero-order valence-corrected chi connectivity index (χ0v) is 12.8.